The van der Waals surface area contributed by atoms with E-state index < -0.39 is 23.3 Å². The Hall–Kier alpha value is -1.46. The summed E-state index contributed by atoms with van der Waals surface area (Å²) in [6.45, 7) is 0. The maximum Gasteiger partial charge on any atom is 0.416 e. The molecule has 0 saturated heterocycles. The SMILES string of the molecule is [2H]c1c(C(F)(F)F)cc(=O)n(O)c1C1CCCCC1. The lowest BCUT2D eigenvalue weighted by Crippen LogP contribution is -2.26. The number of halogens is 3. The van der Waals surface area contributed by atoms with Gasteiger partial charge in [-0.25, -0.2) is 0 Å². The van der Waals surface area contributed by atoms with E-state index in [4.69, 9.17) is 1.37 Å². The Kier molecular flexibility index (Phi) is 3.01. The van der Waals surface area contributed by atoms with Crippen LogP contribution in [0.2, 0.25) is 0 Å². The second-order valence-corrected chi connectivity index (χ2v) is 4.55. The average molecular weight is 262 g/mol. The molecule has 18 heavy (non-hydrogen) atoms. The topological polar surface area (TPSA) is 42.2 Å². The van der Waals surface area contributed by atoms with E-state index in [0.717, 1.165) is 19.3 Å². The van der Waals surface area contributed by atoms with Gasteiger partial charge < -0.3 is 5.21 Å². The number of hydrogen-bond acceptors (Lipinski definition) is 2. The van der Waals surface area contributed by atoms with E-state index in [1.165, 1.54) is 0 Å². The Balaban J connectivity index is 2.58. The lowest BCUT2D eigenvalue weighted by Gasteiger charge is -2.23. The summed E-state index contributed by atoms with van der Waals surface area (Å²) in [7, 11) is 0. The van der Waals surface area contributed by atoms with Crippen LogP contribution in [0.25, 0.3) is 0 Å². The number of pyridine rings is 1. The van der Waals surface area contributed by atoms with Crippen molar-refractivity contribution in [3.05, 3.63) is 33.7 Å². The van der Waals surface area contributed by atoms with Crippen LogP contribution in [0.1, 0.15) is 50.7 Å². The first-order valence-electron chi connectivity index (χ1n) is 6.35. The normalized spacial score (nSPS) is 18.7. The highest BCUT2D eigenvalue weighted by Gasteiger charge is 2.33. The van der Waals surface area contributed by atoms with Gasteiger partial charge >= 0.3 is 6.18 Å². The Morgan fingerprint density at radius 1 is 1.33 bits per heavy atom. The summed E-state index contributed by atoms with van der Waals surface area (Å²) >= 11 is 0. The highest BCUT2D eigenvalue weighted by atomic mass is 19.4. The van der Waals surface area contributed by atoms with E-state index in [1.54, 1.807) is 0 Å². The fourth-order valence-electron chi connectivity index (χ4n) is 2.33. The first-order valence-corrected chi connectivity index (χ1v) is 5.85. The first-order chi connectivity index (χ1) is 8.82. The number of alkyl halides is 3. The van der Waals surface area contributed by atoms with Crippen molar-refractivity contribution in [1.29, 1.82) is 0 Å². The maximum atomic E-state index is 12.8. The zero-order valence-corrected chi connectivity index (χ0v) is 9.63. The van der Waals surface area contributed by atoms with Crippen molar-refractivity contribution in [3.8, 4) is 0 Å². The van der Waals surface area contributed by atoms with E-state index >= 15 is 0 Å². The quantitative estimate of drug-likeness (QED) is 0.790. The fourth-order valence-corrected chi connectivity index (χ4v) is 2.33. The Morgan fingerprint density at radius 2 is 1.94 bits per heavy atom. The fraction of sp³-hybridized carbons (Fsp3) is 0.583. The van der Waals surface area contributed by atoms with Crippen LogP contribution in [0.3, 0.4) is 0 Å². The standard InChI is InChI=1S/C12H14F3NO2/c13-12(14,15)9-6-10(16(18)11(17)7-9)8-4-2-1-3-5-8/h6-8,18H,1-5H2/i6D. The van der Waals surface area contributed by atoms with Gasteiger partial charge in [0.2, 0.25) is 0 Å². The van der Waals surface area contributed by atoms with Crippen LogP contribution in [0, 0.1) is 0 Å². The van der Waals surface area contributed by atoms with Gasteiger partial charge in [0.05, 0.1) is 12.6 Å². The van der Waals surface area contributed by atoms with Gasteiger partial charge in [0.1, 0.15) is 0 Å². The van der Waals surface area contributed by atoms with Crippen molar-refractivity contribution >= 4 is 0 Å². The summed E-state index contributed by atoms with van der Waals surface area (Å²) in [6.07, 6.45) is -0.935. The van der Waals surface area contributed by atoms with Crippen LogP contribution in [-0.2, 0) is 6.18 Å². The summed E-state index contributed by atoms with van der Waals surface area (Å²) in [6, 6.07) is -0.518. The first kappa shape index (κ1) is 11.6. The van der Waals surface area contributed by atoms with Crippen molar-refractivity contribution in [2.24, 2.45) is 0 Å². The highest BCUT2D eigenvalue weighted by Crippen LogP contribution is 2.35. The molecule has 0 bridgehead atoms. The van der Waals surface area contributed by atoms with Gasteiger partial charge in [-0.3, -0.25) is 4.79 Å². The Morgan fingerprint density at radius 3 is 2.50 bits per heavy atom. The minimum absolute atomic E-state index is 0.202. The molecule has 1 saturated carbocycles. The summed E-state index contributed by atoms with van der Waals surface area (Å²) < 4.78 is 46.1. The summed E-state index contributed by atoms with van der Waals surface area (Å²) in [5.41, 5.74) is -2.62. The van der Waals surface area contributed by atoms with Crippen LogP contribution in [0.15, 0.2) is 16.9 Å². The zero-order valence-electron chi connectivity index (χ0n) is 10.6. The second kappa shape index (κ2) is 4.66. The average Bonchev–Trinajstić information content (AvgIpc) is 2.34. The molecule has 1 N–H and O–H groups in total. The lowest BCUT2D eigenvalue weighted by atomic mass is 9.86. The van der Waals surface area contributed by atoms with E-state index in [9.17, 15) is 23.2 Å². The Labute approximate surface area is 103 Å². The third-order valence-corrected chi connectivity index (χ3v) is 3.26. The van der Waals surface area contributed by atoms with E-state index in [1.807, 2.05) is 0 Å². The van der Waals surface area contributed by atoms with Gasteiger partial charge in [0.25, 0.3) is 5.56 Å². The zero-order chi connectivity index (χ0) is 14.2. The smallest absolute Gasteiger partial charge is 0.416 e. The molecule has 0 aromatic carbocycles. The number of aromatic nitrogens is 1. The molecule has 1 aliphatic rings. The largest absolute Gasteiger partial charge is 0.425 e. The van der Waals surface area contributed by atoms with E-state index in [-0.39, 0.29) is 22.4 Å². The van der Waals surface area contributed by atoms with Crippen LogP contribution in [-0.4, -0.2) is 9.94 Å². The van der Waals surface area contributed by atoms with E-state index in [2.05, 4.69) is 0 Å². The minimum Gasteiger partial charge on any atom is -0.425 e. The highest BCUT2D eigenvalue weighted by molar-refractivity contribution is 5.23. The van der Waals surface area contributed by atoms with E-state index in [0.29, 0.717) is 12.8 Å². The molecule has 0 amide bonds. The van der Waals surface area contributed by atoms with Crippen molar-refractivity contribution in [2.75, 3.05) is 0 Å². The van der Waals surface area contributed by atoms with Gasteiger partial charge in [0, 0.05) is 12.0 Å². The van der Waals surface area contributed by atoms with Crippen molar-refractivity contribution < 1.29 is 19.7 Å². The molecule has 2 rings (SSSR count). The molecule has 3 nitrogen and oxygen atoms in total. The van der Waals surface area contributed by atoms with Gasteiger partial charge in [-0.15, -0.1) is 0 Å². The molecule has 1 aromatic heterocycles. The molecule has 1 aliphatic carbocycles. The number of nitrogens with zero attached hydrogens (tertiary/aromatic N) is 1. The monoisotopic (exact) mass is 262 g/mol. The molecule has 100 valence electrons. The molecule has 0 unspecified atom stereocenters. The second-order valence-electron chi connectivity index (χ2n) is 4.55. The lowest BCUT2D eigenvalue weighted by molar-refractivity contribution is -0.138. The van der Waals surface area contributed by atoms with Crippen LogP contribution >= 0.6 is 0 Å². The minimum atomic E-state index is -4.76. The van der Waals surface area contributed by atoms with Crippen molar-refractivity contribution in [3.63, 3.8) is 0 Å². The van der Waals surface area contributed by atoms with Crippen LogP contribution in [0.5, 0.6) is 0 Å². The summed E-state index contributed by atoms with van der Waals surface area (Å²) in [4.78, 5) is 11.4. The third-order valence-electron chi connectivity index (χ3n) is 3.26. The predicted octanol–water partition coefficient (Wildman–Crippen LogP) is 3.15. The van der Waals surface area contributed by atoms with Crippen LogP contribution in [0.4, 0.5) is 13.2 Å². The van der Waals surface area contributed by atoms with Gasteiger partial charge in [-0.2, -0.15) is 17.9 Å². The Bertz CT molecular complexity index is 533. The molecular formula is C12H14F3NO2. The molecule has 1 fully saturated rings. The summed E-state index contributed by atoms with van der Waals surface area (Å²) in [5, 5.41) is 9.64. The third kappa shape index (κ3) is 2.52. The van der Waals surface area contributed by atoms with Crippen molar-refractivity contribution in [2.45, 2.75) is 44.2 Å². The van der Waals surface area contributed by atoms with Gasteiger partial charge in [-0.1, -0.05) is 19.3 Å². The summed E-state index contributed by atoms with van der Waals surface area (Å²) in [5.74, 6) is -0.360. The predicted molar refractivity (Wildman–Crippen MR) is 58.7 cm³/mol. The molecule has 0 spiro atoms. The van der Waals surface area contributed by atoms with Gasteiger partial charge in [0.15, 0.2) is 0 Å². The molecule has 1 aromatic rings. The molecule has 0 atom stereocenters. The maximum absolute atomic E-state index is 12.8. The molecule has 1 heterocycles. The molecule has 6 heteroatoms. The van der Waals surface area contributed by atoms with Gasteiger partial charge in [-0.05, 0) is 18.9 Å². The molecule has 0 radical (unpaired) electrons. The number of rotatable bonds is 1. The molecule has 0 aliphatic heterocycles. The number of hydrogen-bond donors (Lipinski definition) is 1. The van der Waals surface area contributed by atoms with Crippen LogP contribution < -0.4 is 5.56 Å². The van der Waals surface area contributed by atoms with Crippen molar-refractivity contribution in [1.82, 2.24) is 4.73 Å². The molecular weight excluding hydrogens is 247 g/mol.